The van der Waals surface area contributed by atoms with Gasteiger partial charge in [-0.25, -0.2) is 4.68 Å². The lowest BCUT2D eigenvalue weighted by Crippen LogP contribution is -2.30. The van der Waals surface area contributed by atoms with E-state index in [0.717, 1.165) is 22.6 Å². The van der Waals surface area contributed by atoms with Gasteiger partial charge < -0.3 is 19.7 Å². The van der Waals surface area contributed by atoms with Crippen molar-refractivity contribution in [1.82, 2.24) is 24.5 Å². The summed E-state index contributed by atoms with van der Waals surface area (Å²) in [6.07, 6.45) is 3.14. The number of amides is 2. The van der Waals surface area contributed by atoms with Crippen LogP contribution in [0, 0.1) is 13.8 Å². The van der Waals surface area contributed by atoms with Crippen molar-refractivity contribution in [2.24, 2.45) is 0 Å². The number of hydrogen-bond acceptors (Lipinski definition) is 6. The minimum absolute atomic E-state index is 0.0492. The molecular formula is C26H26N6O4. The van der Waals surface area contributed by atoms with Crippen molar-refractivity contribution >= 4 is 17.5 Å². The lowest BCUT2D eigenvalue weighted by atomic mass is 10.2. The summed E-state index contributed by atoms with van der Waals surface area (Å²) in [5.74, 6) is 0.731. The minimum atomic E-state index is -0.307. The Kier molecular flexibility index (Phi) is 6.16. The van der Waals surface area contributed by atoms with Crippen molar-refractivity contribution in [3.05, 3.63) is 83.4 Å². The molecule has 0 saturated carbocycles. The van der Waals surface area contributed by atoms with E-state index in [-0.39, 0.29) is 25.2 Å². The molecule has 3 heterocycles. The summed E-state index contributed by atoms with van der Waals surface area (Å²) in [5.41, 5.74) is 4.88. The molecular weight excluding hydrogens is 460 g/mol. The first kappa shape index (κ1) is 23.2. The van der Waals surface area contributed by atoms with Crippen LogP contribution in [0.3, 0.4) is 0 Å². The third-order valence-electron chi connectivity index (χ3n) is 5.83. The fraction of sp³-hybridized carbons (Fsp3) is 0.231. The van der Waals surface area contributed by atoms with Crippen molar-refractivity contribution in [1.29, 1.82) is 0 Å². The van der Waals surface area contributed by atoms with E-state index in [1.807, 2.05) is 48.9 Å². The molecule has 10 nitrogen and oxygen atoms in total. The number of aryl methyl sites for hydroxylation is 2. The zero-order valence-corrected chi connectivity index (χ0v) is 20.3. The summed E-state index contributed by atoms with van der Waals surface area (Å²) >= 11 is 0. The zero-order valence-electron chi connectivity index (χ0n) is 20.3. The zero-order chi connectivity index (χ0) is 25.2. The summed E-state index contributed by atoms with van der Waals surface area (Å²) in [7, 11) is 1.75. The third-order valence-corrected chi connectivity index (χ3v) is 5.83. The van der Waals surface area contributed by atoms with E-state index in [2.05, 4.69) is 15.5 Å². The Morgan fingerprint density at radius 2 is 1.92 bits per heavy atom. The Labute approximate surface area is 208 Å². The first-order valence-electron chi connectivity index (χ1n) is 11.5. The summed E-state index contributed by atoms with van der Waals surface area (Å²) in [6, 6.07) is 15.0. The molecule has 1 aliphatic heterocycles. The smallest absolute Gasteiger partial charge is 0.255 e. The molecule has 0 spiro atoms. The first-order chi connectivity index (χ1) is 17.4. The second-order valence-electron chi connectivity index (χ2n) is 8.71. The molecule has 0 atom stereocenters. The highest BCUT2D eigenvalue weighted by molar-refractivity contribution is 6.04. The predicted molar refractivity (Wildman–Crippen MR) is 132 cm³/mol. The second kappa shape index (κ2) is 9.57. The van der Waals surface area contributed by atoms with E-state index in [4.69, 9.17) is 9.47 Å². The van der Waals surface area contributed by atoms with Gasteiger partial charge in [0.25, 0.3) is 5.91 Å². The van der Waals surface area contributed by atoms with Crippen molar-refractivity contribution in [3.8, 4) is 17.2 Å². The third kappa shape index (κ3) is 4.92. The molecule has 0 saturated heterocycles. The molecule has 2 amide bonds. The molecule has 1 aliphatic rings. The largest absolute Gasteiger partial charge is 0.454 e. The van der Waals surface area contributed by atoms with Crippen molar-refractivity contribution in [3.63, 3.8) is 0 Å². The van der Waals surface area contributed by atoms with Gasteiger partial charge in [0.1, 0.15) is 6.54 Å². The number of rotatable bonds is 7. The van der Waals surface area contributed by atoms with Gasteiger partial charge in [-0.05, 0) is 55.8 Å². The number of fused-ring (bicyclic) bond motifs is 1. The number of anilines is 1. The van der Waals surface area contributed by atoms with E-state index in [1.165, 1.54) is 10.9 Å². The lowest BCUT2D eigenvalue weighted by Gasteiger charge is -2.18. The van der Waals surface area contributed by atoms with Crippen LogP contribution in [0.2, 0.25) is 0 Å². The van der Waals surface area contributed by atoms with E-state index in [0.29, 0.717) is 29.3 Å². The van der Waals surface area contributed by atoms with Gasteiger partial charge >= 0.3 is 0 Å². The first-order valence-corrected chi connectivity index (χ1v) is 11.5. The lowest BCUT2D eigenvalue weighted by molar-refractivity contribution is -0.131. The van der Waals surface area contributed by atoms with Gasteiger partial charge in [-0.3, -0.25) is 14.3 Å². The minimum Gasteiger partial charge on any atom is -0.454 e. The van der Waals surface area contributed by atoms with E-state index in [9.17, 15) is 9.59 Å². The Balaban J connectivity index is 1.19. The number of likely N-dealkylation sites (N-methyl/N-ethyl adjacent to an activating group) is 1. The molecule has 0 unspecified atom stereocenters. The highest BCUT2D eigenvalue weighted by Crippen LogP contribution is 2.32. The van der Waals surface area contributed by atoms with E-state index >= 15 is 0 Å². The Bertz CT molecular complexity index is 1440. The number of carbonyl (C=O) groups excluding carboxylic acids is 2. The fourth-order valence-electron chi connectivity index (χ4n) is 4.05. The molecule has 10 heteroatoms. The van der Waals surface area contributed by atoms with Gasteiger partial charge in [-0.2, -0.15) is 10.2 Å². The van der Waals surface area contributed by atoms with Gasteiger partial charge in [0.15, 0.2) is 11.5 Å². The SMILES string of the molecule is Cc1cc(C)n(-c2cccc(CN(C)C(=O)Cn3cc(NC(=O)c4ccc5c(c4)OCO5)cn3)c2)n1. The molecule has 0 aliphatic carbocycles. The van der Waals surface area contributed by atoms with Crippen LogP contribution >= 0.6 is 0 Å². The number of benzene rings is 2. The van der Waals surface area contributed by atoms with Gasteiger partial charge in [-0.15, -0.1) is 0 Å². The topological polar surface area (TPSA) is 104 Å². The molecule has 0 bridgehead atoms. The molecule has 0 radical (unpaired) electrons. The Morgan fingerprint density at radius 1 is 1.08 bits per heavy atom. The molecule has 4 aromatic rings. The fourth-order valence-corrected chi connectivity index (χ4v) is 4.05. The summed E-state index contributed by atoms with van der Waals surface area (Å²) in [6.45, 7) is 4.61. The number of carbonyl (C=O) groups is 2. The van der Waals surface area contributed by atoms with Gasteiger partial charge in [0.2, 0.25) is 12.7 Å². The van der Waals surface area contributed by atoms with Crippen molar-refractivity contribution in [2.45, 2.75) is 26.9 Å². The van der Waals surface area contributed by atoms with Gasteiger partial charge in [0, 0.05) is 31.0 Å². The number of nitrogens with one attached hydrogen (secondary N) is 1. The van der Waals surface area contributed by atoms with Crippen LogP contribution in [-0.4, -0.2) is 50.1 Å². The van der Waals surface area contributed by atoms with Crippen LogP contribution < -0.4 is 14.8 Å². The summed E-state index contributed by atoms with van der Waals surface area (Å²) in [4.78, 5) is 27.1. The summed E-state index contributed by atoms with van der Waals surface area (Å²) in [5, 5.41) is 11.5. The number of hydrogen-bond donors (Lipinski definition) is 1. The van der Waals surface area contributed by atoms with Crippen molar-refractivity contribution in [2.75, 3.05) is 19.2 Å². The number of ether oxygens (including phenoxy) is 2. The monoisotopic (exact) mass is 486 g/mol. The highest BCUT2D eigenvalue weighted by atomic mass is 16.7. The van der Waals surface area contributed by atoms with Gasteiger partial charge in [0.05, 0.1) is 23.3 Å². The molecule has 2 aromatic carbocycles. The average molecular weight is 487 g/mol. The molecule has 2 aromatic heterocycles. The normalized spacial score (nSPS) is 12.0. The Morgan fingerprint density at radius 3 is 2.72 bits per heavy atom. The highest BCUT2D eigenvalue weighted by Gasteiger charge is 2.17. The molecule has 184 valence electrons. The van der Waals surface area contributed by atoms with Crippen molar-refractivity contribution < 1.29 is 19.1 Å². The number of nitrogens with zero attached hydrogens (tertiary/aromatic N) is 5. The quantitative estimate of drug-likeness (QED) is 0.430. The maximum Gasteiger partial charge on any atom is 0.255 e. The molecule has 36 heavy (non-hydrogen) atoms. The summed E-state index contributed by atoms with van der Waals surface area (Å²) < 4.78 is 14.0. The Hall–Kier alpha value is -4.60. The van der Waals surface area contributed by atoms with Gasteiger partial charge in [-0.1, -0.05) is 12.1 Å². The molecule has 0 fully saturated rings. The number of aromatic nitrogens is 4. The van der Waals surface area contributed by atoms with Crippen LogP contribution in [0.4, 0.5) is 5.69 Å². The van der Waals surface area contributed by atoms with E-state index < -0.39 is 0 Å². The molecule has 1 N–H and O–H groups in total. The molecule has 5 rings (SSSR count). The van der Waals surface area contributed by atoms with E-state index in [1.54, 1.807) is 36.3 Å². The second-order valence-corrected chi connectivity index (χ2v) is 8.71. The van der Waals surface area contributed by atoms with Crippen LogP contribution in [0.25, 0.3) is 5.69 Å². The standard InChI is InChI=1S/C26H26N6O4/c1-17-9-18(2)32(29-17)22-6-4-5-19(10-22)13-30(3)25(33)15-31-14-21(12-27-31)28-26(34)20-7-8-23-24(11-20)36-16-35-23/h4-12,14H,13,15-16H2,1-3H3,(H,28,34). The maximum atomic E-state index is 12.8. The maximum absolute atomic E-state index is 12.8. The van der Waals surface area contributed by atoms with Crippen LogP contribution in [-0.2, 0) is 17.9 Å². The van der Waals surface area contributed by atoms with Crippen LogP contribution in [0.1, 0.15) is 27.3 Å². The average Bonchev–Trinajstić information content (AvgIpc) is 3.58. The van der Waals surface area contributed by atoms with Crippen LogP contribution in [0.15, 0.2) is 60.9 Å². The van der Waals surface area contributed by atoms with Crippen LogP contribution in [0.5, 0.6) is 11.5 Å². The predicted octanol–water partition coefficient (Wildman–Crippen LogP) is 3.33.